The van der Waals surface area contributed by atoms with Crippen LogP contribution in [0.15, 0.2) is 18.5 Å². The summed E-state index contributed by atoms with van der Waals surface area (Å²) >= 11 is 0. The highest BCUT2D eigenvalue weighted by atomic mass is 19.3. The van der Waals surface area contributed by atoms with E-state index in [0.717, 1.165) is 18.5 Å². The fraction of sp³-hybridized carbons (Fsp3) is 0.565. The average Bonchev–Trinajstić information content (AvgIpc) is 2.82. The van der Waals surface area contributed by atoms with Crippen molar-refractivity contribution in [1.82, 2.24) is 15.0 Å². The average molecular weight is 504 g/mol. The monoisotopic (exact) mass is 504 g/mol. The maximum absolute atomic E-state index is 14.9. The number of fused-ring (bicyclic) bond motifs is 1. The van der Waals surface area contributed by atoms with Gasteiger partial charge in [0.2, 0.25) is 6.43 Å². The van der Waals surface area contributed by atoms with Crippen molar-refractivity contribution in [1.29, 1.82) is 0 Å². The summed E-state index contributed by atoms with van der Waals surface area (Å²) in [5.41, 5.74) is -3.67. The quantitative estimate of drug-likeness (QED) is 0.352. The summed E-state index contributed by atoms with van der Waals surface area (Å²) in [6.07, 6.45) is -8.42. The molecule has 2 aromatic heterocycles. The van der Waals surface area contributed by atoms with E-state index in [2.05, 4.69) is 20.3 Å². The van der Waals surface area contributed by atoms with Crippen molar-refractivity contribution >= 4 is 11.9 Å². The lowest BCUT2D eigenvalue weighted by Crippen LogP contribution is -2.36. The van der Waals surface area contributed by atoms with Crippen molar-refractivity contribution in [3.63, 3.8) is 0 Å². The summed E-state index contributed by atoms with van der Waals surface area (Å²) in [4.78, 5) is 23.7. The zero-order valence-electron chi connectivity index (χ0n) is 19.4. The lowest BCUT2D eigenvalue weighted by molar-refractivity contribution is -0.0170. The van der Waals surface area contributed by atoms with Crippen molar-refractivity contribution in [3.05, 3.63) is 35.3 Å². The molecule has 0 aliphatic carbocycles. The number of pyridine rings is 1. The first kappa shape index (κ1) is 26.7. The van der Waals surface area contributed by atoms with Crippen LogP contribution in [0.2, 0.25) is 0 Å². The van der Waals surface area contributed by atoms with Crippen molar-refractivity contribution < 1.29 is 35.9 Å². The van der Waals surface area contributed by atoms with E-state index in [4.69, 9.17) is 4.74 Å². The molecule has 192 valence electrons. The van der Waals surface area contributed by atoms with E-state index in [1.54, 1.807) is 13.8 Å². The number of aromatic nitrogens is 3. The van der Waals surface area contributed by atoms with Crippen LogP contribution in [0.1, 0.15) is 75.8 Å². The van der Waals surface area contributed by atoms with Crippen LogP contribution in [-0.2, 0) is 16.1 Å². The van der Waals surface area contributed by atoms with E-state index >= 15 is 0 Å². The molecule has 0 fully saturated rings. The SMILES string of the molecule is CCCC(CCC)(c1cc(C(F)(F)CC)cc(-c2ncnc3c2C(C(F)F)OC(=O)N3)n1)C(F)F. The first-order valence-corrected chi connectivity index (χ1v) is 11.3. The maximum Gasteiger partial charge on any atom is 0.413 e. The van der Waals surface area contributed by atoms with E-state index in [1.165, 1.54) is 6.92 Å². The van der Waals surface area contributed by atoms with Gasteiger partial charge in [0.05, 0.1) is 22.4 Å². The Labute approximate surface area is 198 Å². The molecule has 0 spiro atoms. The summed E-state index contributed by atoms with van der Waals surface area (Å²) < 4.78 is 91.0. The van der Waals surface area contributed by atoms with Gasteiger partial charge in [0, 0.05) is 12.0 Å². The fourth-order valence-electron chi connectivity index (χ4n) is 4.37. The highest BCUT2D eigenvalue weighted by molar-refractivity contribution is 5.88. The minimum atomic E-state index is -3.40. The largest absolute Gasteiger partial charge is 0.435 e. The Bertz CT molecular complexity index is 1060. The van der Waals surface area contributed by atoms with Gasteiger partial charge in [0.15, 0.2) is 6.10 Å². The second kappa shape index (κ2) is 10.4. The molecule has 1 aliphatic rings. The van der Waals surface area contributed by atoms with E-state index in [0.29, 0.717) is 12.8 Å². The number of ether oxygens (including phenoxy) is 1. The molecule has 1 unspecified atom stereocenters. The first-order valence-electron chi connectivity index (χ1n) is 11.3. The van der Waals surface area contributed by atoms with Crippen LogP contribution in [0.5, 0.6) is 0 Å². The molecule has 0 bridgehead atoms. The smallest absolute Gasteiger partial charge is 0.413 e. The Kier molecular flexibility index (Phi) is 7.90. The molecule has 0 saturated heterocycles. The lowest BCUT2D eigenvalue weighted by atomic mass is 9.75. The van der Waals surface area contributed by atoms with Crippen molar-refractivity contribution in [2.24, 2.45) is 0 Å². The van der Waals surface area contributed by atoms with Gasteiger partial charge in [0.25, 0.3) is 12.3 Å². The Morgan fingerprint density at radius 1 is 1.06 bits per heavy atom. The number of nitrogens with zero attached hydrogens (tertiary/aromatic N) is 3. The van der Waals surface area contributed by atoms with Gasteiger partial charge in [-0.05, 0) is 25.0 Å². The fourth-order valence-corrected chi connectivity index (χ4v) is 4.37. The van der Waals surface area contributed by atoms with Gasteiger partial charge in [-0.3, -0.25) is 10.3 Å². The van der Waals surface area contributed by atoms with Crippen molar-refractivity contribution in [3.8, 4) is 11.4 Å². The first-order chi connectivity index (χ1) is 16.5. The predicted octanol–water partition coefficient (Wildman–Crippen LogP) is 7.01. The van der Waals surface area contributed by atoms with Crippen LogP contribution in [0.25, 0.3) is 11.4 Å². The van der Waals surface area contributed by atoms with Crippen LogP contribution < -0.4 is 5.32 Å². The number of halogens is 6. The summed E-state index contributed by atoms with van der Waals surface area (Å²) in [5.74, 6) is -3.70. The number of hydrogen-bond donors (Lipinski definition) is 1. The van der Waals surface area contributed by atoms with E-state index in [-0.39, 0.29) is 41.3 Å². The van der Waals surface area contributed by atoms with Gasteiger partial charge in [-0.25, -0.2) is 41.1 Å². The number of carbonyl (C=O) groups excluding carboxylic acids is 1. The second-order valence-corrected chi connectivity index (χ2v) is 8.41. The summed E-state index contributed by atoms with van der Waals surface area (Å²) in [5, 5.41) is 2.17. The number of amides is 1. The zero-order chi connectivity index (χ0) is 26.0. The third-order valence-electron chi connectivity index (χ3n) is 6.11. The van der Waals surface area contributed by atoms with Crippen LogP contribution in [-0.4, -0.2) is 33.9 Å². The van der Waals surface area contributed by atoms with Crippen LogP contribution in [0.3, 0.4) is 0 Å². The number of hydrogen-bond acceptors (Lipinski definition) is 5. The molecular weight excluding hydrogens is 478 g/mol. The standard InChI is InChI=1S/C23H26F6N4O2/c1-4-7-22(8-5-2,20(26)27)14-10-12(23(28,29)6-3)9-13(32-14)16-15-17(18(24)25)35-21(34)33-19(15)31-11-30-16/h9-11,17-18,20H,4-8H2,1-3H3,(H,30,31,33,34). The molecule has 1 N–H and O–H groups in total. The molecule has 1 atom stereocenters. The molecule has 0 saturated carbocycles. The Balaban J connectivity index is 2.35. The van der Waals surface area contributed by atoms with Crippen LogP contribution >= 0.6 is 0 Å². The van der Waals surface area contributed by atoms with Gasteiger partial charge in [-0.2, -0.15) is 0 Å². The minimum Gasteiger partial charge on any atom is -0.435 e. The Hall–Kier alpha value is -2.92. The van der Waals surface area contributed by atoms with Crippen LogP contribution in [0, 0.1) is 0 Å². The summed E-state index contributed by atoms with van der Waals surface area (Å²) in [6, 6.07) is 1.92. The normalized spacial score (nSPS) is 16.3. The molecule has 6 nitrogen and oxygen atoms in total. The Morgan fingerprint density at radius 3 is 2.26 bits per heavy atom. The number of nitrogens with one attached hydrogen (secondary N) is 1. The molecule has 3 heterocycles. The van der Waals surface area contributed by atoms with Crippen molar-refractivity contribution in [2.45, 2.75) is 83.2 Å². The third kappa shape index (κ3) is 5.06. The molecular formula is C23H26F6N4O2. The van der Waals surface area contributed by atoms with Gasteiger partial charge >= 0.3 is 6.09 Å². The zero-order valence-corrected chi connectivity index (χ0v) is 19.4. The van der Waals surface area contributed by atoms with Gasteiger partial charge in [-0.15, -0.1) is 0 Å². The molecule has 1 aliphatic heterocycles. The number of anilines is 1. The minimum absolute atomic E-state index is 0.0210. The molecule has 35 heavy (non-hydrogen) atoms. The second-order valence-electron chi connectivity index (χ2n) is 8.41. The summed E-state index contributed by atoms with van der Waals surface area (Å²) in [7, 11) is 0. The number of cyclic esters (lactones) is 1. The maximum atomic E-state index is 14.9. The topological polar surface area (TPSA) is 77.0 Å². The molecule has 0 aromatic carbocycles. The third-order valence-corrected chi connectivity index (χ3v) is 6.11. The van der Waals surface area contributed by atoms with E-state index in [1.807, 2.05) is 0 Å². The molecule has 1 amide bonds. The van der Waals surface area contributed by atoms with E-state index < -0.39 is 48.4 Å². The number of rotatable bonds is 10. The van der Waals surface area contributed by atoms with E-state index in [9.17, 15) is 31.1 Å². The van der Waals surface area contributed by atoms with Gasteiger partial charge in [-0.1, -0.05) is 33.6 Å². The summed E-state index contributed by atoms with van der Waals surface area (Å²) in [6.45, 7) is 4.64. The lowest BCUT2D eigenvalue weighted by Gasteiger charge is -2.33. The molecule has 0 radical (unpaired) electrons. The van der Waals surface area contributed by atoms with Crippen molar-refractivity contribution in [2.75, 3.05) is 5.32 Å². The van der Waals surface area contributed by atoms with Gasteiger partial charge in [0.1, 0.15) is 17.8 Å². The molecule has 2 aromatic rings. The van der Waals surface area contributed by atoms with Gasteiger partial charge < -0.3 is 4.74 Å². The highest BCUT2D eigenvalue weighted by Gasteiger charge is 2.44. The molecule has 12 heteroatoms. The highest BCUT2D eigenvalue weighted by Crippen LogP contribution is 2.44. The predicted molar refractivity (Wildman–Crippen MR) is 116 cm³/mol. The van der Waals surface area contributed by atoms with Crippen LogP contribution in [0.4, 0.5) is 37.0 Å². The number of alkyl halides is 6. The Morgan fingerprint density at radius 2 is 1.71 bits per heavy atom. The number of carbonyl (C=O) groups is 1. The molecule has 3 rings (SSSR count).